The van der Waals surface area contributed by atoms with Crippen LogP contribution in [-0.4, -0.2) is 12.5 Å². The molecule has 0 spiro atoms. The first-order chi connectivity index (χ1) is 9.24. The molecule has 1 heterocycles. The average Bonchev–Trinajstić information content (AvgIpc) is 2.88. The summed E-state index contributed by atoms with van der Waals surface area (Å²) in [5, 5.41) is 5.82. The minimum absolute atomic E-state index is 0.200. The maximum atomic E-state index is 13.5. The molecule has 0 atom stereocenters. The van der Waals surface area contributed by atoms with Crippen molar-refractivity contribution in [2.75, 3.05) is 17.2 Å². The molecule has 1 aliphatic rings. The smallest absolute Gasteiger partial charge is 0.255 e. The van der Waals surface area contributed by atoms with E-state index in [1.165, 1.54) is 6.07 Å². The highest BCUT2D eigenvalue weighted by atomic mass is 19.1. The molecule has 1 aliphatic heterocycles. The van der Waals surface area contributed by atoms with Crippen molar-refractivity contribution < 1.29 is 9.18 Å². The molecule has 0 aliphatic carbocycles. The molecule has 0 bridgehead atoms. The van der Waals surface area contributed by atoms with E-state index in [1.54, 1.807) is 24.3 Å². The number of fused-ring (bicyclic) bond motifs is 1. The van der Waals surface area contributed by atoms with Gasteiger partial charge in [-0.25, -0.2) is 4.39 Å². The predicted octanol–water partition coefficient (Wildman–Crippen LogP) is 3.05. The molecule has 19 heavy (non-hydrogen) atoms. The van der Waals surface area contributed by atoms with Gasteiger partial charge in [0.1, 0.15) is 5.82 Å². The van der Waals surface area contributed by atoms with Crippen LogP contribution in [0.25, 0.3) is 0 Å². The highest BCUT2D eigenvalue weighted by Gasteiger charge is 2.14. The van der Waals surface area contributed by atoms with Gasteiger partial charge in [0.05, 0.1) is 5.69 Å². The number of carbonyl (C=O) groups is 1. The van der Waals surface area contributed by atoms with Crippen LogP contribution in [-0.2, 0) is 6.42 Å². The van der Waals surface area contributed by atoms with Crippen LogP contribution in [0.1, 0.15) is 15.9 Å². The van der Waals surface area contributed by atoms with Crippen LogP contribution in [0.5, 0.6) is 0 Å². The van der Waals surface area contributed by atoms with E-state index in [9.17, 15) is 9.18 Å². The normalized spacial score (nSPS) is 12.7. The summed E-state index contributed by atoms with van der Waals surface area (Å²) in [7, 11) is 0. The van der Waals surface area contributed by atoms with Gasteiger partial charge in [0.25, 0.3) is 5.91 Å². The van der Waals surface area contributed by atoms with Crippen molar-refractivity contribution in [3.8, 4) is 0 Å². The fraction of sp³-hybridized carbons (Fsp3) is 0.133. The summed E-state index contributed by atoms with van der Waals surface area (Å²) in [6.45, 7) is 0.897. The molecule has 4 heteroatoms. The van der Waals surface area contributed by atoms with Crippen LogP contribution >= 0.6 is 0 Å². The summed E-state index contributed by atoms with van der Waals surface area (Å²) in [5.41, 5.74) is 2.94. The first-order valence-electron chi connectivity index (χ1n) is 6.17. The minimum atomic E-state index is -0.432. The van der Waals surface area contributed by atoms with Crippen molar-refractivity contribution in [2.45, 2.75) is 6.42 Å². The summed E-state index contributed by atoms with van der Waals surface area (Å²) < 4.78 is 13.5. The summed E-state index contributed by atoms with van der Waals surface area (Å²) >= 11 is 0. The van der Waals surface area contributed by atoms with Gasteiger partial charge in [0, 0.05) is 17.8 Å². The number of nitrogens with one attached hydrogen (secondary N) is 2. The number of halogens is 1. The molecule has 0 aromatic heterocycles. The molecule has 96 valence electrons. The highest BCUT2D eigenvalue weighted by molar-refractivity contribution is 6.04. The van der Waals surface area contributed by atoms with E-state index in [0.29, 0.717) is 5.56 Å². The third kappa shape index (κ3) is 2.29. The number of carbonyl (C=O) groups excluding carboxylic acids is 1. The van der Waals surface area contributed by atoms with Gasteiger partial charge in [-0.1, -0.05) is 12.1 Å². The van der Waals surface area contributed by atoms with Crippen molar-refractivity contribution in [2.24, 2.45) is 0 Å². The molecule has 2 aromatic rings. The van der Waals surface area contributed by atoms with Gasteiger partial charge in [0.15, 0.2) is 0 Å². The number of benzene rings is 2. The molecule has 0 saturated heterocycles. The Morgan fingerprint density at radius 2 is 2.05 bits per heavy atom. The number of anilines is 2. The lowest BCUT2D eigenvalue weighted by atomic mass is 10.1. The minimum Gasteiger partial charge on any atom is -0.384 e. The van der Waals surface area contributed by atoms with Gasteiger partial charge in [-0.15, -0.1) is 0 Å². The van der Waals surface area contributed by atoms with Crippen LogP contribution < -0.4 is 10.6 Å². The molecule has 1 amide bonds. The molecule has 3 nitrogen and oxygen atoms in total. The summed E-state index contributed by atoms with van der Waals surface area (Å²) in [5.74, 6) is -0.724. The second-order valence-corrected chi connectivity index (χ2v) is 4.48. The van der Waals surface area contributed by atoms with Crippen LogP contribution in [0.3, 0.4) is 0 Å². The lowest BCUT2D eigenvalue weighted by Gasteiger charge is -2.07. The molecular formula is C15H13FN2O. The maximum Gasteiger partial charge on any atom is 0.255 e. The van der Waals surface area contributed by atoms with Crippen molar-refractivity contribution in [1.29, 1.82) is 0 Å². The fourth-order valence-electron chi connectivity index (χ4n) is 2.20. The Labute approximate surface area is 110 Å². The molecule has 0 unspecified atom stereocenters. The molecule has 2 aromatic carbocycles. The summed E-state index contributed by atoms with van der Waals surface area (Å²) in [6, 6.07) is 11.6. The monoisotopic (exact) mass is 256 g/mol. The van der Waals surface area contributed by atoms with Crippen LogP contribution in [0.2, 0.25) is 0 Å². The van der Waals surface area contributed by atoms with E-state index in [1.807, 2.05) is 12.1 Å². The second-order valence-electron chi connectivity index (χ2n) is 4.48. The Bertz CT molecular complexity index is 640. The zero-order chi connectivity index (χ0) is 13.2. The van der Waals surface area contributed by atoms with Crippen LogP contribution in [0.4, 0.5) is 15.8 Å². The van der Waals surface area contributed by atoms with E-state index < -0.39 is 5.82 Å². The average molecular weight is 256 g/mol. The van der Waals surface area contributed by atoms with E-state index in [-0.39, 0.29) is 11.6 Å². The Hall–Kier alpha value is -2.36. The van der Waals surface area contributed by atoms with Gasteiger partial charge in [-0.2, -0.15) is 0 Å². The van der Waals surface area contributed by atoms with Crippen molar-refractivity contribution >= 4 is 17.3 Å². The maximum absolute atomic E-state index is 13.5. The van der Waals surface area contributed by atoms with Gasteiger partial charge in [-0.3, -0.25) is 4.79 Å². The number of rotatable bonds is 2. The first kappa shape index (κ1) is 11.7. The summed E-state index contributed by atoms with van der Waals surface area (Å²) in [6.07, 6.45) is 0.913. The molecule has 0 fully saturated rings. The van der Waals surface area contributed by atoms with Crippen molar-refractivity contribution in [3.63, 3.8) is 0 Å². The number of amides is 1. The largest absolute Gasteiger partial charge is 0.384 e. The number of hydrogen-bond donors (Lipinski definition) is 2. The van der Waals surface area contributed by atoms with E-state index in [4.69, 9.17) is 0 Å². The van der Waals surface area contributed by atoms with Gasteiger partial charge < -0.3 is 10.6 Å². The van der Waals surface area contributed by atoms with Crippen molar-refractivity contribution in [1.82, 2.24) is 0 Å². The predicted molar refractivity (Wildman–Crippen MR) is 73.0 cm³/mol. The third-order valence-corrected chi connectivity index (χ3v) is 3.20. The zero-order valence-corrected chi connectivity index (χ0v) is 10.2. The lowest BCUT2D eigenvalue weighted by Crippen LogP contribution is -2.13. The van der Waals surface area contributed by atoms with Gasteiger partial charge in [0.2, 0.25) is 0 Å². The lowest BCUT2D eigenvalue weighted by molar-refractivity contribution is 0.102. The topological polar surface area (TPSA) is 41.1 Å². The van der Waals surface area contributed by atoms with Crippen molar-refractivity contribution in [3.05, 3.63) is 59.4 Å². The molecule has 3 rings (SSSR count). The SMILES string of the molecule is O=C(Nc1ccccc1F)c1ccc2c(c1)CCN2. The Morgan fingerprint density at radius 1 is 1.21 bits per heavy atom. The molecule has 0 radical (unpaired) electrons. The third-order valence-electron chi connectivity index (χ3n) is 3.20. The Kier molecular flexibility index (Phi) is 2.91. The van der Waals surface area contributed by atoms with E-state index in [2.05, 4.69) is 10.6 Å². The van der Waals surface area contributed by atoms with E-state index in [0.717, 1.165) is 24.2 Å². The zero-order valence-electron chi connectivity index (χ0n) is 10.2. The van der Waals surface area contributed by atoms with Crippen LogP contribution in [0, 0.1) is 5.82 Å². The molecule has 0 saturated carbocycles. The van der Waals surface area contributed by atoms with E-state index >= 15 is 0 Å². The molecule has 2 N–H and O–H groups in total. The molecular weight excluding hydrogens is 243 g/mol. The number of para-hydroxylation sites is 1. The first-order valence-corrected chi connectivity index (χ1v) is 6.17. The Balaban J connectivity index is 1.83. The van der Waals surface area contributed by atoms with Gasteiger partial charge >= 0.3 is 0 Å². The number of hydrogen-bond acceptors (Lipinski definition) is 2. The summed E-state index contributed by atoms with van der Waals surface area (Å²) in [4.78, 5) is 12.1. The van der Waals surface area contributed by atoms with Gasteiger partial charge in [-0.05, 0) is 42.3 Å². The van der Waals surface area contributed by atoms with Crippen LogP contribution in [0.15, 0.2) is 42.5 Å². The Morgan fingerprint density at radius 3 is 2.89 bits per heavy atom. The highest BCUT2D eigenvalue weighted by Crippen LogP contribution is 2.23. The fourth-order valence-corrected chi connectivity index (χ4v) is 2.20. The second kappa shape index (κ2) is 4.72. The quantitative estimate of drug-likeness (QED) is 0.867. The standard InChI is InChI=1S/C15H13FN2O/c16-12-3-1-2-4-14(12)18-15(19)11-5-6-13-10(9-11)7-8-17-13/h1-6,9,17H,7-8H2,(H,18,19).